The van der Waals surface area contributed by atoms with Crippen LogP contribution in [0.25, 0.3) is 0 Å². The second-order valence-corrected chi connectivity index (χ2v) is 3.52. The maximum Gasteiger partial charge on any atom is 0.411 e. The number of halogens is 9. The average Bonchev–Trinajstić information content (AvgIpc) is 2.19. The minimum atomic E-state index is -5.73. The van der Waals surface area contributed by atoms with Gasteiger partial charge in [-0.2, -0.15) is 39.5 Å². The molecule has 1 fully saturated rings. The molecule has 1 aliphatic rings. The minimum absolute atomic E-state index is 2.16. The normalized spacial score (nSPS) is 30.5. The summed E-state index contributed by atoms with van der Waals surface area (Å²) < 4.78 is 114. The van der Waals surface area contributed by atoms with Gasteiger partial charge in [0, 0.05) is 0 Å². The standard InChI is InChI=1S/C7H5F9O/c8-4(9)1-3(17-2-5(10,11)12)6(13,14)7(4,15)16/h3H,1-2H2. The Labute approximate surface area is 88.5 Å². The highest BCUT2D eigenvalue weighted by Crippen LogP contribution is 2.57. The number of alkyl halides is 9. The molecule has 1 aliphatic carbocycles. The first-order chi connectivity index (χ1) is 7.31. The lowest BCUT2D eigenvalue weighted by Gasteiger charge is -2.25. The van der Waals surface area contributed by atoms with Gasteiger partial charge in [-0.3, -0.25) is 0 Å². The molecule has 0 aromatic rings. The number of hydrogen-bond donors (Lipinski definition) is 0. The minimum Gasteiger partial charge on any atom is -0.362 e. The summed E-state index contributed by atoms with van der Waals surface area (Å²) in [5.74, 6) is -16.2. The van der Waals surface area contributed by atoms with Gasteiger partial charge < -0.3 is 4.74 Å². The van der Waals surface area contributed by atoms with Gasteiger partial charge in [0.1, 0.15) is 12.7 Å². The molecular formula is C7H5F9O. The van der Waals surface area contributed by atoms with Crippen molar-refractivity contribution in [3.8, 4) is 0 Å². The highest BCUT2D eigenvalue weighted by atomic mass is 19.4. The third-order valence-corrected chi connectivity index (χ3v) is 2.17. The van der Waals surface area contributed by atoms with Crippen LogP contribution in [0.1, 0.15) is 6.42 Å². The Balaban J connectivity index is 2.84. The predicted octanol–water partition coefficient (Wildman–Crippen LogP) is 3.24. The first-order valence-electron chi connectivity index (χ1n) is 4.13. The van der Waals surface area contributed by atoms with Crippen LogP contribution in [-0.2, 0) is 4.74 Å². The summed E-state index contributed by atoms with van der Waals surface area (Å²) in [5, 5.41) is 0. The predicted molar refractivity (Wildman–Crippen MR) is 35.3 cm³/mol. The van der Waals surface area contributed by atoms with Gasteiger partial charge in [0.05, 0.1) is 6.42 Å². The van der Waals surface area contributed by atoms with Crippen molar-refractivity contribution in [2.24, 2.45) is 0 Å². The van der Waals surface area contributed by atoms with E-state index in [4.69, 9.17) is 0 Å². The summed E-state index contributed by atoms with van der Waals surface area (Å²) in [6.45, 7) is -2.29. The molecule has 0 amide bonds. The Morgan fingerprint density at radius 1 is 1.00 bits per heavy atom. The zero-order chi connectivity index (χ0) is 13.7. The van der Waals surface area contributed by atoms with Gasteiger partial charge in [-0.25, -0.2) is 0 Å². The number of hydrogen-bond acceptors (Lipinski definition) is 1. The van der Waals surface area contributed by atoms with E-state index in [0.29, 0.717) is 0 Å². The second kappa shape index (κ2) is 3.66. The van der Waals surface area contributed by atoms with Gasteiger partial charge in [0.25, 0.3) is 0 Å². The monoisotopic (exact) mass is 276 g/mol. The SMILES string of the molecule is FC(F)(F)COC1CC(F)(F)C(F)(F)C1(F)F. The Morgan fingerprint density at radius 3 is 1.76 bits per heavy atom. The first-order valence-corrected chi connectivity index (χ1v) is 4.13. The summed E-state index contributed by atoms with van der Waals surface area (Å²) in [6, 6.07) is 0. The van der Waals surface area contributed by atoms with Crippen LogP contribution in [0.4, 0.5) is 39.5 Å². The molecule has 0 aromatic carbocycles. The van der Waals surface area contributed by atoms with Gasteiger partial charge >= 0.3 is 23.9 Å². The van der Waals surface area contributed by atoms with Crippen molar-refractivity contribution >= 4 is 0 Å². The van der Waals surface area contributed by atoms with Crippen LogP contribution in [0.3, 0.4) is 0 Å². The van der Waals surface area contributed by atoms with Crippen molar-refractivity contribution in [1.82, 2.24) is 0 Å². The largest absolute Gasteiger partial charge is 0.411 e. The van der Waals surface area contributed by atoms with Crippen molar-refractivity contribution in [3.63, 3.8) is 0 Å². The van der Waals surface area contributed by atoms with Crippen molar-refractivity contribution in [1.29, 1.82) is 0 Å². The molecule has 102 valence electrons. The highest BCUT2D eigenvalue weighted by Gasteiger charge is 2.81. The van der Waals surface area contributed by atoms with Crippen LogP contribution in [0.5, 0.6) is 0 Å². The third-order valence-electron chi connectivity index (χ3n) is 2.17. The molecular weight excluding hydrogens is 271 g/mol. The molecule has 1 unspecified atom stereocenters. The maximum absolute atomic E-state index is 12.7. The van der Waals surface area contributed by atoms with Crippen molar-refractivity contribution in [2.75, 3.05) is 6.61 Å². The Bertz CT molecular complexity index is 294. The molecule has 0 aliphatic heterocycles. The van der Waals surface area contributed by atoms with E-state index >= 15 is 0 Å². The molecule has 0 heterocycles. The topological polar surface area (TPSA) is 9.23 Å². The molecule has 1 atom stereocenters. The van der Waals surface area contributed by atoms with E-state index in [-0.39, 0.29) is 0 Å². The molecule has 0 spiro atoms. The lowest BCUT2D eigenvalue weighted by Crippen LogP contribution is -2.49. The van der Waals surface area contributed by atoms with Crippen molar-refractivity contribution < 1.29 is 44.3 Å². The Hall–Kier alpha value is -0.670. The van der Waals surface area contributed by atoms with Crippen LogP contribution in [0, 0.1) is 0 Å². The molecule has 0 N–H and O–H groups in total. The summed E-state index contributed by atoms with van der Waals surface area (Å²) in [4.78, 5) is 0. The van der Waals surface area contributed by atoms with E-state index in [1.165, 1.54) is 0 Å². The van der Waals surface area contributed by atoms with Crippen LogP contribution >= 0.6 is 0 Å². The molecule has 1 rings (SSSR count). The lowest BCUT2D eigenvalue weighted by molar-refractivity contribution is -0.289. The van der Waals surface area contributed by atoms with E-state index in [2.05, 4.69) is 4.74 Å². The second-order valence-electron chi connectivity index (χ2n) is 3.52. The highest BCUT2D eigenvalue weighted by molar-refractivity contribution is 5.09. The van der Waals surface area contributed by atoms with Crippen LogP contribution in [0.2, 0.25) is 0 Å². The van der Waals surface area contributed by atoms with E-state index in [1.807, 2.05) is 0 Å². The third kappa shape index (κ3) is 2.31. The van der Waals surface area contributed by atoms with Crippen LogP contribution < -0.4 is 0 Å². The zero-order valence-electron chi connectivity index (χ0n) is 7.80. The van der Waals surface area contributed by atoms with Crippen LogP contribution in [-0.4, -0.2) is 36.7 Å². The fourth-order valence-electron chi connectivity index (χ4n) is 1.29. The molecule has 10 heteroatoms. The van der Waals surface area contributed by atoms with Crippen molar-refractivity contribution in [3.05, 3.63) is 0 Å². The number of rotatable bonds is 2. The first kappa shape index (κ1) is 14.4. The zero-order valence-corrected chi connectivity index (χ0v) is 7.80. The van der Waals surface area contributed by atoms with Crippen LogP contribution in [0.15, 0.2) is 0 Å². The molecule has 1 nitrogen and oxygen atoms in total. The van der Waals surface area contributed by atoms with E-state index in [9.17, 15) is 39.5 Å². The van der Waals surface area contributed by atoms with E-state index in [0.717, 1.165) is 0 Å². The molecule has 0 saturated heterocycles. The Morgan fingerprint density at radius 2 is 1.47 bits per heavy atom. The lowest BCUT2D eigenvalue weighted by atomic mass is 10.2. The van der Waals surface area contributed by atoms with E-state index in [1.54, 1.807) is 0 Å². The van der Waals surface area contributed by atoms with Crippen molar-refractivity contribution in [2.45, 2.75) is 36.5 Å². The summed E-state index contributed by atoms with van der Waals surface area (Å²) in [6.07, 6.45) is -10.4. The Kier molecular flexibility index (Phi) is 3.10. The average molecular weight is 276 g/mol. The fraction of sp³-hybridized carbons (Fsp3) is 1.00. The quantitative estimate of drug-likeness (QED) is 0.703. The molecule has 0 aromatic heterocycles. The maximum atomic E-state index is 12.7. The van der Waals surface area contributed by atoms with Gasteiger partial charge in [-0.1, -0.05) is 0 Å². The molecule has 0 bridgehead atoms. The molecule has 1 saturated carbocycles. The summed E-state index contributed by atoms with van der Waals surface area (Å²) in [5.41, 5.74) is 0. The fourth-order valence-corrected chi connectivity index (χ4v) is 1.29. The molecule has 0 radical (unpaired) electrons. The van der Waals surface area contributed by atoms with Gasteiger partial charge in [-0.05, 0) is 0 Å². The summed E-state index contributed by atoms with van der Waals surface area (Å²) in [7, 11) is 0. The number of ether oxygens (including phenoxy) is 1. The molecule has 17 heavy (non-hydrogen) atoms. The van der Waals surface area contributed by atoms with Gasteiger partial charge in [0.15, 0.2) is 0 Å². The van der Waals surface area contributed by atoms with Gasteiger partial charge in [0.2, 0.25) is 0 Å². The smallest absolute Gasteiger partial charge is 0.362 e. The van der Waals surface area contributed by atoms with Gasteiger partial charge in [-0.15, -0.1) is 0 Å². The van der Waals surface area contributed by atoms with E-state index < -0.39 is 43.1 Å². The summed E-state index contributed by atoms with van der Waals surface area (Å²) >= 11 is 0.